The molecule has 0 N–H and O–H groups in total. The molecule has 0 atom stereocenters. The second-order valence-corrected chi connectivity index (χ2v) is 11.9. The summed E-state index contributed by atoms with van der Waals surface area (Å²) < 4.78 is 44.9. The number of ether oxygens (including phenoxy) is 1. The van der Waals surface area contributed by atoms with Crippen LogP contribution in [0.25, 0.3) is 6.08 Å². The summed E-state index contributed by atoms with van der Waals surface area (Å²) in [5.41, 5.74) is 1.43. The molecule has 11 heteroatoms. The number of amides is 1. The standard InChI is InChI=1S/C31H27ClN2O7S/c1-21-29(31(36)39-2)28(30(35)34(21)20-25-9-6-16-40-25)17-24-12-13-26(41-24)19-33(18-22-7-4-3-5-8-22)42(37,38)27-14-10-23(32)11-15-27/h3-17H,18-20H2,1-2H3/b28-17-. The lowest BCUT2D eigenvalue weighted by Crippen LogP contribution is -2.30. The van der Waals surface area contributed by atoms with Gasteiger partial charge in [-0.05, 0) is 67.1 Å². The predicted octanol–water partition coefficient (Wildman–Crippen LogP) is 5.79. The highest BCUT2D eigenvalue weighted by Crippen LogP contribution is 2.33. The normalized spacial score (nSPS) is 14.8. The van der Waals surface area contributed by atoms with Crippen LogP contribution in [0.3, 0.4) is 0 Å². The number of benzene rings is 2. The third-order valence-electron chi connectivity index (χ3n) is 6.75. The predicted molar refractivity (Wildman–Crippen MR) is 155 cm³/mol. The average molecular weight is 607 g/mol. The first-order chi connectivity index (χ1) is 20.2. The number of allylic oxidation sites excluding steroid dienone is 1. The van der Waals surface area contributed by atoms with E-state index in [1.165, 1.54) is 52.9 Å². The zero-order chi connectivity index (χ0) is 29.9. The lowest BCUT2D eigenvalue weighted by atomic mass is 10.1. The van der Waals surface area contributed by atoms with Gasteiger partial charge < -0.3 is 18.5 Å². The fraction of sp³-hybridized carbons (Fsp3) is 0.161. The Morgan fingerprint density at radius 1 is 0.976 bits per heavy atom. The quantitative estimate of drug-likeness (QED) is 0.166. The lowest BCUT2D eigenvalue weighted by Gasteiger charge is -2.21. The Morgan fingerprint density at radius 3 is 2.38 bits per heavy atom. The highest BCUT2D eigenvalue weighted by Gasteiger charge is 2.37. The van der Waals surface area contributed by atoms with E-state index >= 15 is 0 Å². The summed E-state index contributed by atoms with van der Waals surface area (Å²) in [5.74, 6) is 0.0792. The van der Waals surface area contributed by atoms with Crippen LogP contribution in [0.15, 0.2) is 116 Å². The van der Waals surface area contributed by atoms with Crippen LogP contribution in [0.2, 0.25) is 5.02 Å². The molecule has 9 nitrogen and oxygen atoms in total. The van der Waals surface area contributed by atoms with Crippen LogP contribution in [-0.4, -0.2) is 36.6 Å². The largest absolute Gasteiger partial charge is 0.467 e. The van der Waals surface area contributed by atoms with E-state index in [4.69, 9.17) is 25.2 Å². The number of carbonyl (C=O) groups excluding carboxylic acids is 2. The van der Waals surface area contributed by atoms with Crippen molar-refractivity contribution in [1.29, 1.82) is 0 Å². The molecule has 2 aromatic heterocycles. The van der Waals surface area contributed by atoms with Crippen LogP contribution in [0.1, 0.15) is 29.8 Å². The van der Waals surface area contributed by atoms with Gasteiger partial charge in [0.15, 0.2) is 0 Å². The van der Waals surface area contributed by atoms with Gasteiger partial charge in [-0.1, -0.05) is 41.9 Å². The molecule has 5 rings (SSSR count). The zero-order valence-electron chi connectivity index (χ0n) is 22.8. The minimum absolute atomic E-state index is 0.0830. The molecule has 1 amide bonds. The lowest BCUT2D eigenvalue weighted by molar-refractivity contribution is -0.136. The number of methoxy groups -OCH3 is 1. The van der Waals surface area contributed by atoms with Gasteiger partial charge in [0, 0.05) is 17.3 Å². The van der Waals surface area contributed by atoms with E-state index in [-0.39, 0.29) is 41.4 Å². The summed E-state index contributed by atoms with van der Waals surface area (Å²) in [6, 6.07) is 21.9. The van der Waals surface area contributed by atoms with Crippen molar-refractivity contribution in [1.82, 2.24) is 9.21 Å². The highest BCUT2D eigenvalue weighted by molar-refractivity contribution is 7.89. The average Bonchev–Trinajstić information content (AvgIpc) is 3.71. The molecule has 216 valence electrons. The number of hydrogen-bond acceptors (Lipinski definition) is 7. The van der Waals surface area contributed by atoms with E-state index in [0.29, 0.717) is 22.2 Å². The smallest absolute Gasteiger partial charge is 0.340 e. The number of halogens is 1. The van der Waals surface area contributed by atoms with Gasteiger partial charge in [0.05, 0.1) is 42.5 Å². The van der Waals surface area contributed by atoms with E-state index < -0.39 is 21.9 Å². The Kier molecular flexibility index (Phi) is 8.49. The van der Waals surface area contributed by atoms with Gasteiger partial charge in [-0.15, -0.1) is 0 Å². The minimum atomic E-state index is -3.94. The van der Waals surface area contributed by atoms with E-state index in [0.717, 1.165) is 5.56 Å². The number of carbonyl (C=O) groups is 2. The number of furan rings is 2. The second-order valence-electron chi connectivity index (χ2n) is 9.50. The van der Waals surface area contributed by atoms with Crippen molar-refractivity contribution < 1.29 is 31.6 Å². The van der Waals surface area contributed by atoms with Gasteiger partial charge >= 0.3 is 5.97 Å². The Hall–Kier alpha value is -4.38. The molecule has 0 unspecified atom stereocenters. The van der Waals surface area contributed by atoms with E-state index in [9.17, 15) is 18.0 Å². The molecule has 0 fully saturated rings. The number of nitrogens with zero attached hydrogens (tertiary/aromatic N) is 2. The van der Waals surface area contributed by atoms with Gasteiger partial charge in [0.25, 0.3) is 5.91 Å². The fourth-order valence-corrected chi connectivity index (χ4v) is 6.14. The molecule has 42 heavy (non-hydrogen) atoms. The van der Waals surface area contributed by atoms with E-state index in [1.807, 2.05) is 30.3 Å². The number of rotatable bonds is 10. The Bertz CT molecular complexity index is 1760. The van der Waals surface area contributed by atoms with Gasteiger partial charge in [-0.3, -0.25) is 4.79 Å². The molecule has 4 aromatic rings. The molecule has 0 saturated carbocycles. The van der Waals surface area contributed by atoms with Crippen molar-refractivity contribution in [3.05, 3.63) is 130 Å². The van der Waals surface area contributed by atoms with Crippen molar-refractivity contribution >= 4 is 39.6 Å². The molecule has 1 aliphatic heterocycles. The Labute approximate surface area is 248 Å². The summed E-state index contributed by atoms with van der Waals surface area (Å²) in [5, 5.41) is 0.423. The summed E-state index contributed by atoms with van der Waals surface area (Å²) in [4.78, 5) is 27.6. The molecule has 0 bridgehead atoms. The summed E-state index contributed by atoms with van der Waals surface area (Å²) in [6.45, 7) is 1.80. The molecule has 3 heterocycles. The summed E-state index contributed by atoms with van der Waals surface area (Å²) >= 11 is 5.98. The monoisotopic (exact) mass is 606 g/mol. The van der Waals surface area contributed by atoms with Crippen molar-refractivity contribution in [2.75, 3.05) is 7.11 Å². The van der Waals surface area contributed by atoms with Crippen LogP contribution in [-0.2, 0) is 44.0 Å². The molecule has 0 saturated heterocycles. The molecule has 0 radical (unpaired) electrons. The van der Waals surface area contributed by atoms with Crippen LogP contribution in [0, 0.1) is 0 Å². The molecule has 1 aliphatic rings. The number of esters is 1. The minimum Gasteiger partial charge on any atom is -0.467 e. The maximum Gasteiger partial charge on any atom is 0.340 e. The van der Waals surface area contributed by atoms with Gasteiger partial charge in [0.1, 0.15) is 17.3 Å². The van der Waals surface area contributed by atoms with E-state index in [2.05, 4.69) is 0 Å². The highest BCUT2D eigenvalue weighted by atomic mass is 35.5. The van der Waals surface area contributed by atoms with Crippen LogP contribution < -0.4 is 0 Å². The van der Waals surface area contributed by atoms with Crippen molar-refractivity contribution in [2.45, 2.75) is 31.5 Å². The van der Waals surface area contributed by atoms with Crippen LogP contribution in [0.5, 0.6) is 0 Å². The maximum atomic E-state index is 13.6. The van der Waals surface area contributed by atoms with E-state index in [1.54, 1.807) is 31.2 Å². The maximum absolute atomic E-state index is 13.6. The third-order valence-corrected chi connectivity index (χ3v) is 8.81. The second kappa shape index (κ2) is 12.2. The van der Waals surface area contributed by atoms with Crippen molar-refractivity contribution in [3.8, 4) is 0 Å². The Morgan fingerprint density at radius 2 is 1.71 bits per heavy atom. The topological polar surface area (TPSA) is 110 Å². The first-order valence-corrected chi connectivity index (χ1v) is 14.7. The first-order valence-electron chi connectivity index (χ1n) is 12.9. The number of hydrogen-bond donors (Lipinski definition) is 0. The fourth-order valence-electron chi connectivity index (χ4n) is 4.62. The van der Waals surface area contributed by atoms with Crippen molar-refractivity contribution in [2.24, 2.45) is 0 Å². The summed E-state index contributed by atoms with van der Waals surface area (Å²) in [6.07, 6.45) is 2.96. The molecular formula is C31H27ClN2O7S. The Balaban J connectivity index is 1.45. The summed E-state index contributed by atoms with van der Waals surface area (Å²) in [7, 11) is -2.69. The van der Waals surface area contributed by atoms with Gasteiger partial charge in [-0.25, -0.2) is 13.2 Å². The molecule has 0 aliphatic carbocycles. The van der Waals surface area contributed by atoms with Gasteiger partial charge in [0.2, 0.25) is 10.0 Å². The molecule has 0 spiro atoms. The molecule has 2 aromatic carbocycles. The number of sulfonamides is 1. The zero-order valence-corrected chi connectivity index (χ0v) is 24.4. The first kappa shape index (κ1) is 29.1. The third kappa shape index (κ3) is 6.11. The van der Waals surface area contributed by atoms with Gasteiger partial charge in [-0.2, -0.15) is 4.31 Å². The molecular weight excluding hydrogens is 580 g/mol. The van der Waals surface area contributed by atoms with Crippen molar-refractivity contribution in [3.63, 3.8) is 0 Å². The SMILES string of the molecule is COC(=O)C1=C(C)N(Cc2ccco2)C(=O)/C1=C\c1ccc(CN(Cc2ccccc2)S(=O)(=O)c2ccc(Cl)cc2)o1. The van der Waals surface area contributed by atoms with Crippen LogP contribution in [0.4, 0.5) is 0 Å². The van der Waals surface area contributed by atoms with Crippen LogP contribution >= 0.6 is 11.6 Å².